The van der Waals surface area contributed by atoms with Crippen LogP contribution in [0.3, 0.4) is 0 Å². The second kappa shape index (κ2) is 9.83. The molecule has 4 rings (SSSR count). The fourth-order valence-electron chi connectivity index (χ4n) is 3.25. The van der Waals surface area contributed by atoms with Crippen molar-refractivity contribution in [3.05, 3.63) is 101 Å². The third kappa shape index (κ3) is 5.55. The van der Waals surface area contributed by atoms with Gasteiger partial charge in [0.05, 0.1) is 18.1 Å². The molecule has 170 valence electrons. The molecule has 0 aliphatic heterocycles. The van der Waals surface area contributed by atoms with Crippen LogP contribution < -0.4 is 21.7 Å². The Balaban J connectivity index is 1.43. The number of amides is 2. The van der Waals surface area contributed by atoms with Crippen LogP contribution in [-0.4, -0.2) is 21.8 Å². The third-order valence-corrected chi connectivity index (χ3v) is 5.11. The van der Waals surface area contributed by atoms with E-state index in [4.69, 9.17) is 5.73 Å². The highest BCUT2D eigenvalue weighted by atomic mass is 16.2. The summed E-state index contributed by atoms with van der Waals surface area (Å²) in [4.78, 5) is 33.9. The number of nitrogen functional groups attached to an aromatic ring is 1. The van der Waals surface area contributed by atoms with Gasteiger partial charge in [0.25, 0.3) is 11.8 Å². The van der Waals surface area contributed by atoms with Crippen LogP contribution in [0.4, 0.5) is 28.7 Å². The van der Waals surface area contributed by atoms with E-state index in [2.05, 4.69) is 25.9 Å². The molecule has 0 unspecified atom stereocenters. The molecule has 0 saturated carbocycles. The second-order valence-electron chi connectivity index (χ2n) is 7.85. The van der Waals surface area contributed by atoms with Gasteiger partial charge in [0, 0.05) is 28.2 Å². The maximum atomic E-state index is 12.9. The van der Waals surface area contributed by atoms with Crippen LogP contribution >= 0.6 is 0 Å². The quantitative estimate of drug-likeness (QED) is 0.308. The number of aromatic nitrogens is 2. The molecule has 1 aromatic heterocycles. The van der Waals surface area contributed by atoms with E-state index in [1.165, 1.54) is 12.4 Å². The number of carbonyl (C=O) groups is 2. The summed E-state index contributed by atoms with van der Waals surface area (Å²) >= 11 is 0. The van der Waals surface area contributed by atoms with Crippen LogP contribution in [0.25, 0.3) is 0 Å². The van der Waals surface area contributed by atoms with Crippen LogP contribution in [0.1, 0.15) is 31.8 Å². The normalized spacial score (nSPS) is 10.4. The Hall–Kier alpha value is -4.72. The molecular weight excluding hydrogens is 428 g/mol. The lowest BCUT2D eigenvalue weighted by Crippen LogP contribution is -2.16. The molecule has 2 amide bonds. The molecule has 1 heterocycles. The zero-order valence-electron chi connectivity index (χ0n) is 18.8. The fraction of sp³-hybridized carbons (Fsp3) is 0.0769. The van der Waals surface area contributed by atoms with E-state index in [1.807, 2.05) is 38.1 Å². The van der Waals surface area contributed by atoms with Gasteiger partial charge in [0.15, 0.2) is 0 Å². The molecule has 4 aromatic rings. The molecule has 0 atom stereocenters. The van der Waals surface area contributed by atoms with Crippen LogP contribution in [0, 0.1) is 13.8 Å². The summed E-state index contributed by atoms with van der Waals surface area (Å²) in [6.07, 6.45) is 3.02. The van der Waals surface area contributed by atoms with Gasteiger partial charge in [-0.3, -0.25) is 9.59 Å². The third-order valence-electron chi connectivity index (χ3n) is 5.11. The van der Waals surface area contributed by atoms with E-state index < -0.39 is 0 Å². The van der Waals surface area contributed by atoms with Crippen molar-refractivity contribution in [2.45, 2.75) is 13.8 Å². The minimum absolute atomic E-state index is 0.244. The summed E-state index contributed by atoms with van der Waals surface area (Å²) in [7, 11) is 0. The Labute approximate surface area is 197 Å². The van der Waals surface area contributed by atoms with Gasteiger partial charge in [-0.1, -0.05) is 29.8 Å². The van der Waals surface area contributed by atoms with E-state index in [1.54, 1.807) is 42.5 Å². The number of hydrogen-bond acceptors (Lipinski definition) is 6. The SMILES string of the molecule is Cc1ccc(C(=O)Nc2ccc(C)c(C(=O)Nc3cnc(Nc4cccc(N)c4)nc3)c2)cc1. The first-order chi connectivity index (χ1) is 16.4. The average molecular weight is 453 g/mol. The van der Waals surface area contributed by atoms with Gasteiger partial charge in [-0.25, -0.2) is 9.97 Å². The minimum Gasteiger partial charge on any atom is -0.399 e. The van der Waals surface area contributed by atoms with Gasteiger partial charge >= 0.3 is 0 Å². The van der Waals surface area contributed by atoms with E-state index in [0.717, 1.165) is 16.8 Å². The first-order valence-electron chi connectivity index (χ1n) is 10.6. The highest BCUT2D eigenvalue weighted by Crippen LogP contribution is 2.19. The van der Waals surface area contributed by atoms with Crippen molar-refractivity contribution in [3.63, 3.8) is 0 Å². The first-order valence-corrected chi connectivity index (χ1v) is 10.6. The molecule has 0 bridgehead atoms. The lowest BCUT2D eigenvalue weighted by Gasteiger charge is -2.11. The molecule has 0 saturated heterocycles. The van der Waals surface area contributed by atoms with E-state index >= 15 is 0 Å². The molecule has 34 heavy (non-hydrogen) atoms. The van der Waals surface area contributed by atoms with Gasteiger partial charge in [-0.05, 0) is 61.9 Å². The van der Waals surface area contributed by atoms with E-state index in [0.29, 0.717) is 34.1 Å². The lowest BCUT2D eigenvalue weighted by molar-refractivity contribution is 0.101. The molecule has 0 aliphatic carbocycles. The monoisotopic (exact) mass is 452 g/mol. The van der Waals surface area contributed by atoms with Crippen LogP contribution in [0.15, 0.2) is 79.1 Å². The van der Waals surface area contributed by atoms with Crippen molar-refractivity contribution in [3.8, 4) is 0 Å². The molecule has 3 aromatic carbocycles. The van der Waals surface area contributed by atoms with Crippen molar-refractivity contribution in [2.75, 3.05) is 21.7 Å². The number of nitrogens with zero attached hydrogens (tertiary/aromatic N) is 2. The summed E-state index contributed by atoms with van der Waals surface area (Å²) in [5, 5.41) is 8.68. The number of hydrogen-bond donors (Lipinski definition) is 4. The fourth-order valence-corrected chi connectivity index (χ4v) is 3.25. The van der Waals surface area contributed by atoms with Crippen molar-refractivity contribution in [1.82, 2.24) is 9.97 Å². The van der Waals surface area contributed by atoms with Crippen molar-refractivity contribution in [2.24, 2.45) is 0 Å². The summed E-state index contributed by atoms with van der Waals surface area (Å²) in [6, 6.07) is 19.7. The number of aryl methyl sites for hydroxylation is 2. The average Bonchev–Trinajstić information content (AvgIpc) is 2.82. The van der Waals surface area contributed by atoms with E-state index in [-0.39, 0.29) is 11.8 Å². The molecule has 8 nitrogen and oxygen atoms in total. The molecule has 0 spiro atoms. The van der Waals surface area contributed by atoms with Crippen LogP contribution in [0.2, 0.25) is 0 Å². The highest BCUT2D eigenvalue weighted by molar-refractivity contribution is 6.08. The largest absolute Gasteiger partial charge is 0.399 e. The predicted molar refractivity (Wildman–Crippen MR) is 134 cm³/mol. The summed E-state index contributed by atoms with van der Waals surface area (Å²) in [5.74, 6) is -0.198. The number of benzene rings is 3. The highest BCUT2D eigenvalue weighted by Gasteiger charge is 2.13. The Kier molecular flexibility index (Phi) is 6.49. The summed E-state index contributed by atoms with van der Waals surface area (Å²) in [6.45, 7) is 3.79. The molecule has 0 aliphatic rings. The van der Waals surface area contributed by atoms with Gasteiger partial charge in [-0.15, -0.1) is 0 Å². The van der Waals surface area contributed by atoms with Crippen molar-refractivity contribution < 1.29 is 9.59 Å². The Morgan fingerprint density at radius 3 is 2.18 bits per heavy atom. The standard InChI is InChI=1S/C26H24N6O2/c1-16-6-9-18(10-7-16)24(33)30-21-11-8-17(2)23(13-21)25(34)31-22-14-28-26(29-15-22)32-20-5-3-4-19(27)12-20/h3-15H,27H2,1-2H3,(H,30,33)(H,31,34)(H,28,29,32). The summed E-state index contributed by atoms with van der Waals surface area (Å²) in [5.41, 5.74) is 11.0. The number of nitrogens with one attached hydrogen (secondary N) is 3. The van der Waals surface area contributed by atoms with Gasteiger partial charge in [0.2, 0.25) is 5.95 Å². The zero-order valence-corrected chi connectivity index (χ0v) is 18.8. The van der Waals surface area contributed by atoms with E-state index in [9.17, 15) is 9.59 Å². The van der Waals surface area contributed by atoms with Gasteiger partial charge < -0.3 is 21.7 Å². The Morgan fingerprint density at radius 1 is 0.765 bits per heavy atom. The second-order valence-corrected chi connectivity index (χ2v) is 7.85. The van der Waals surface area contributed by atoms with Crippen LogP contribution in [-0.2, 0) is 0 Å². The maximum absolute atomic E-state index is 12.9. The molecular formula is C26H24N6O2. The van der Waals surface area contributed by atoms with Crippen LogP contribution in [0.5, 0.6) is 0 Å². The maximum Gasteiger partial charge on any atom is 0.256 e. The summed E-state index contributed by atoms with van der Waals surface area (Å²) < 4.78 is 0. The Bertz CT molecular complexity index is 1330. The van der Waals surface area contributed by atoms with Gasteiger partial charge in [0.1, 0.15) is 0 Å². The topological polar surface area (TPSA) is 122 Å². The molecule has 8 heteroatoms. The zero-order chi connectivity index (χ0) is 24.1. The number of nitrogens with two attached hydrogens (primary N) is 1. The lowest BCUT2D eigenvalue weighted by atomic mass is 10.1. The van der Waals surface area contributed by atoms with Crippen molar-refractivity contribution >= 4 is 40.5 Å². The smallest absolute Gasteiger partial charge is 0.256 e. The number of anilines is 5. The Morgan fingerprint density at radius 2 is 1.47 bits per heavy atom. The van der Waals surface area contributed by atoms with Crippen molar-refractivity contribution in [1.29, 1.82) is 0 Å². The predicted octanol–water partition coefficient (Wildman–Crippen LogP) is 4.92. The molecule has 0 radical (unpaired) electrons. The molecule has 5 N–H and O–H groups in total. The number of rotatable bonds is 6. The minimum atomic E-state index is -0.330. The van der Waals surface area contributed by atoms with Gasteiger partial charge in [-0.2, -0.15) is 0 Å². The molecule has 0 fully saturated rings. The number of carbonyl (C=O) groups excluding carboxylic acids is 2. The first kappa shape index (κ1) is 22.5.